The number of carbonyl (C=O) groups is 1. The Morgan fingerprint density at radius 2 is 2.08 bits per heavy atom. The van der Waals surface area contributed by atoms with Gasteiger partial charge < -0.3 is 0 Å². The molecule has 72 valence electrons. The van der Waals surface area contributed by atoms with Gasteiger partial charge in [-0.05, 0) is 19.8 Å². The minimum Gasteiger partial charge on any atom is -0.272 e. The minimum atomic E-state index is -0.351. The largest absolute Gasteiger partial charge is 0.272 e. The van der Waals surface area contributed by atoms with Crippen LogP contribution in [-0.4, -0.2) is 16.5 Å². The molecule has 1 aliphatic carbocycles. The number of fused-ring (bicyclic) bond motifs is 2. The van der Waals surface area contributed by atoms with Gasteiger partial charge in [0.2, 0.25) is 5.91 Å². The maximum atomic E-state index is 11.7. The molecule has 0 radical (unpaired) electrons. The SMILES string of the molecule is CC1(C)[C@H]2CC[C@@]1(C)N(N=O)C2=O. The molecular formula is C9H14N2O2. The van der Waals surface area contributed by atoms with Gasteiger partial charge in [0.25, 0.3) is 0 Å². The Labute approximate surface area is 77.2 Å². The second-order valence-corrected chi connectivity index (χ2v) is 4.82. The molecule has 0 aromatic heterocycles. The van der Waals surface area contributed by atoms with Crippen LogP contribution < -0.4 is 0 Å². The molecule has 13 heavy (non-hydrogen) atoms. The van der Waals surface area contributed by atoms with Crippen molar-refractivity contribution in [2.45, 2.75) is 39.2 Å². The van der Waals surface area contributed by atoms with E-state index in [1.807, 2.05) is 20.8 Å². The molecule has 4 nitrogen and oxygen atoms in total. The number of hydrogen-bond acceptors (Lipinski definition) is 3. The number of rotatable bonds is 1. The quantitative estimate of drug-likeness (QED) is 0.579. The van der Waals surface area contributed by atoms with Gasteiger partial charge >= 0.3 is 0 Å². The maximum Gasteiger partial charge on any atom is 0.249 e. The van der Waals surface area contributed by atoms with Crippen LogP contribution in [0.25, 0.3) is 0 Å². The number of amides is 1. The second kappa shape index (κ2) is 2.11. The molecule has 4 heteroatoms. The first-order chi connectivity index (χ1) is 5.95. The highest BCUT2D eigenvalue weighted by Crippen LogP contribution is 2.59. The fourth-order valence-corrected chi connectivity index (χ4v) is 2.82. The van der Waals surface area contributed by atoms with Crippen LogP contribution in [0.15, 0.2) is 5.29 Å². The average molecular weight is 182 g/mol. The van der Waals surface area contributed by atoms with Crippen LogP contribution in [0.3, 0.4) is 0 Å². The lowest BCUT2D eigenvalue weighted by atomic mass is 9.75. The van der Waals surface area contributed by atoms with E-state index in [-0.39, 0.29) is 22.8 Å². The highest BCUT2D eigenvalue weighted by atomic mass is 16.3. The Morgan fingerprint density at radius 3 is 2.38 bits per heavy atom. The molecule has 0 spiro atoms. The molecule has 1 saturated carbocycles. The summed E-state index contributed by atoms with van der Waals surface area (Å²) in [5.74, 6) is -0.0936. The number of carbonyl (C=O) groups excluding carboxylic acids is 1. The van der Waals surface area contributed by atoms with Crippen LogP contribution in [-0.2, 0) is 4.79 Å². The molecule has 1 heterocycles. The number of nitroso groups, excluding NO2 is 1. The summed E-state index contributed by atoms with van der Waals surface area (Å²) in [4.78, 5) is 22.2. The highest BCUT2D eigenvalue weighted by molar-refractivity contribution is 5.84. The molecule has 2 bridgehead atoms. The zero-order valence-electron chi connectivity index (χ0n) is 8.20. The highest BCUT2D eigenvalue weighted by Gasteiger charge is 2.66. The van der Waals surface area contributed by atoms with Crippen molar-refractivity contribution in [3.63, 3.8) is 0 Å². The standard InChI is InChI=1S/C9H14N2O2/c1-8(2)6-4-5-9(8,3)11(10-13)7(6)12/h6H,4-5H2,1-3H3/t6-,9+/m0/s1. The van der Waals surface area contributed by atoms with Crippen LogP contribution in [0.5, 0.6) is 0 Å². The molecule has 0 aromatic carbocycles. The van der Waals surface area contributed by atoms with Crippen molar-refractivity contribution in [3.05, 3.63) is 4.91 Å². The van der Waals surface area contributed by atoms with Crippen LogP contribution in [0.1, 0.15) is 33.6 Å². The van der Waals surface area contributed by atoms with Crippen molar-refractivity contribution >= 4 is 5.91 Å². The van der Waals surface area contributed by atoms with Gasteiger partial charge in [0.05, 0.1) is 10.8 Å². The lowest BCUT2D eigenvalue weighted by Gasteiger charge is -2.35. The van der Waals surface area contributed by atoms with Gasteiger partial charge in [0.1, 0.15) is 0 Å². The molecule has 1 saturated heterocycles. The van der Waals surface area contributed by atoms with E-state index in [0.29, 0.717) is 0 Å². The smallest absolute Gasteiger partial charge is 0.249 e. The Morgan fingerprint density at radius 1 is 1.46 bits per heavy atom. The predicted octanol–water partition coefficient (Wildman–Crippen LogP) is 1.70. The third-order valence-electron chi connectivity index (χ3n) is 4.24. The van der Waals surface area contributed by atoms with Gasteiger partial charge in [-0.1, -0.05) is 13.8 Å². The molecule has 0 N–H and O–H groups in total. The van der Waals surface area contributed by atoms with E-state index >= 15 is 0 Å². The van der Waals surface area contributed by atoms with Crippen LogP contribution in [0.4, 0.5) is 0 Å². The van der Waals surface area contributed by atoms with Crippen LogP contribution >= 0.6 is 0 Å². The summed E-state index contributed by atoms with van der Waals surface area (Å²) in [6.45, 7) is 6.06. The summed E-state index contributed by atoms with van der Waals surface area (Å²) in [6, 6.07) is 0. The van der Waals surface area contributed by atoms with Crippen molar-refractivity contribution in [1.29, 1.82) is 0 Å². The van der Waals surface area contributed by atoms with Crippen LogP contribution in [0.2, 0.25) is 0 Å². The van der Waals surface area contributed by atoms with Gasteiger partial charge in [-0.25, -0.2) is 0 Å². The Kier molecular flexibility index (Phi) is 1.40. The van der Waals surface area contributed by atoms with Crippen LogP contribution in [0, 0.1) is 16.2 Å². The van der Waals surface area contributed by atoms with Gasteiger partial charge in [0, 0.05) is 11.3 Å². The summed E-state index contributed by atoms with van der Waals surface area (Å²) in [7, 11) is 0. The molecule has 1 amide bonds. The Bertz CT molecular complexity index is 287. The van der Waals surface area contributed by atoms with E-state index in [4.69, 9.17) is 0 Å². The number of piperidine rings is 1. The zero-order chi connectivity index (χ0) is 9.85. The van der Waals surface area contributed by atoms with Gasteiger partial charge in [-0.15, -0.1) is 4.91 Å². The molecule has 2 aliphatic rings. The maximum absolute atomic E-state index is 11.7. The molecule has 0 unspecified atom stereocenters. The molecule has 2 atom stereocenters. The van der Waals surface area contributed by atoms with E-state index in [1.165, 1.54) is 0 Å². The summed E-state index contributed by atoms with van der Waals surface area (Å²) in [6.07, 6.45) is 1.79. The molecule has 2 fully saturated rings. The molecular weight excluding hydrogens is 168 g/mol. The third kappa shape index (κ3) is 0.700. The lowest BCUT2D eigenvalue weighted by molar-refractivity contribution is -0.136. The van der Waals surface area contributed by atoms with Crippen molar-refractivity contribution < 1.29 is 4.79 Å². The summed E-state index contributed by atoms with van der Waals surface area (Å²) >= 11 is 0. The Balaban J connectivity index is 2.51. The molecule has 0 aromatic rings. The summed E-state index contributed by atoms with van der Waals surface area (Å²) in [5.41, 5.74) is -0.464. The zero-order valence-corrected chi connectivity index (χ0v) is 8.20. The first-order valence-electron chi connectivity index (χ1n) is 4.62. The van der Waals surface area contributed by atoms with Crippen molar-refractivity contribution in [1.82, 2.24) is 5.01 Å². The normalized spacial score (nSPS) is 41.3. The Hall–Kier alpha value is -0.930. The predicted molar refractivity (Wildman–Crippen MR) is 47.6 cm³/mol. The van der Waals surface area contributed by atoms with E-state index < -0.39 is 0 Å². The van der Waals surface area contributed by atoms with E-state index in [0.717, 1.165) is 17.9 Å². The molecule has 2 rings (SSSR count). The first kappa shape index (κ1) is 8.66. The van der Waals surface area contributed by atoms with Gasteiger partial charge in [-0.2, -0.15) is 5.01 Å². The number of nitrogens with zero attached hydrogens (tertiary/aromatic N) is 2. The first-order valence-corrected chi connectivity index (χ1v) is 4.62. The second-order valence-electron chi connectivity index (χ2n) is 4.82. The fourth-order valence-electron chi connectivity index (χ4n) is 2.82. The van der Waals surface area contributed by atoms with E-state index in [9.17, 15) is 9.70 Å². The lowest BCUT2D eigenvalue weighted by Crippen LogP contribution is -2.45. The van der Waals surface area contributed by atoms with E-state index in [2.05, 4.69) is 5.29 Å². The average Bonchev–Trinajstić information content (AvgIpc) is 2.32. The minimum absolute atomic E-state index is 0.00444. The van der Waals surface area contributed by atoms with Crippen molar-refractivity contribution in [3.8, 4) is 0 Å². The summed E-state index contributed by atoms with van der Waals surface area (Å²) < 4.78 is 0. The van der Waals surface area contributed by atoms with Crippen molar-refractivity contribution in [2.24, 2.45) is 16.6 Å². The molecule has 1 aliphatic heterocycles. The van der Waals surface area contributed by atoms with E-state index in [1.54, 1.807) is 0 Å². The summed E-state index contributed by atoms with van der Waals surface area (Å²) in [5, 5.41) is 4.01. The van der Waals surface area contributed by atoms with Gasteiger partial charge in [-0.3, -0.25) is 4.79 Å². The van der Waals surface area contributed by atoms with Gasteiger partial charge in [0.15, 0.2) is 0 Å². The third-order valence-corrected chi connectivity index (χ3v) is 4.24. The monoisotopic (exact) mass is 182 g/mol. The fraction of sp³-hybridized carbons (Fsp3) is 0.889. The number of hydrogen-bond donors (Lipinski definition) is 0. The topological polar surface area (TPSA) is 49.7 Å². The van der Waals surface area contributed by atoms with Crippen molar-refractivity contribution in [2.75, 3.05) is 0 Å².